The predicted octanol–water partition coefficient (Wildman–Crippen LogP) is 3.89. The molecule has 0 spiro atoms. The lowest BCUT2D eigenvalue weighted by atomic mass is 10.0. The normalized spacial score (nSPS) is 12.2. The van der Waals surface area contributed by atoms with Gasteiger partial charge in [-0.1, -0.05) is 31.2 Å². The summed E-state index contributed by atoms with van der Waals surface area (Å²) in [6.45, 7) is 2.71. The van der Waals surface area contributed by atoms with E-state index in [1.807, 2.05) is 31.2 Å². The summed E-state index contributed by atoms with van der Waals surface area (Å²) in [5, 5.41) is 10.2. The van der Waals surface area contributed by atoms with E-state index in [0.29, 0.717) is 13.0 Å². The van der Waals surface area contributed by atoms with Crippen molar-refractivity contribution in [3.8, 4) is 5.75 Å². The number of aliphatic hydroxyl groups is 1. The SMILES string of the molecule is CCCOc1cccc(C(O)Cc2ccc(F)cc2)c1. The molecule has 0 aromatic heterocycles. The highest BCUT2D eigenvalue weighted by molar-refractivity contribution is 5.31. The zero-order chi connectivity index (χ0) is 14.4. The molecule has 0 aliphatic carbocycles. The second-order valence-electron chi connectivity index (χ2n) is 4.77. The summed E-state index contributed by atoms with van der Waals surface area (Å²) >= 11 is 0. The minimum atomic E-state index is -0.620. The van der Waals surface area contributed by atoms with Gasteiger partial charge in [-0.05, 0) is 41.8 Å². The van der Waals surface area contributed by atoms with Crippen molar-refractivity contribution in [3.63, 3.8) is 0 Å². The molecule has 0 saturated heterocycles. The summed E-state index contributed by atoms with van der Waals surface area (Å²) in [4.78, 5) is 0. The molecule has 106 valence electrons. The van der Waals surface area contributed by atoms with Gasteiger partial charge in [0.1, 0.15) is 11.6 Å². The lowest BCUT2D eigenvalue weighted by molar-refractivity contribution is 0.178. The van der Waals surface area contributed by atoms with Gasteiger partial charge in [-0.3, -0.25) is 0 Å². The highest BCUT2D eigenvalue weighted by Crippen LogP contribution is 2.22. The van der Waals surface area contributed by atoms with Crippen LogP contribution in [0.5, 0.6) is 5.75 Å². The summed E-state index contributed by atoms with van der Waals surface area (Å²) in [5.74, 6) is 0.501. The number of hydrogen-bond donors (Lipinski definition) is 1. The van der Waals surface area contributed by atoms with Gasteiger partial charge >= 0.3 is 0 Å². The maximum absolute atomic E-state index is 12.8. The number of hydrogen-bond acceptors (Lipinski definition) is 2. The van der Waals surface area contributed by atoms with E-state index < -0.39 is 6.10 Å². The summed E-state index contributed by atoms with van der Waals surface area (Å²) in [6.07, 6.45) is 0.783. The summed E-state index contributed by atoms with van der Waals surface area (Å²) in [7, 11) is 0. The Labute approximate surface area is 118 Å². The van der Waals surface area contributed by atoms with Gasteiger partial charge in [0.25, 0.3) is 0 Å². The number of aliphatic hydroxyl groups excluding tert-OH is 1. The number of ether oxygens (including phenoxy) is 1. The van der Waals surface area contributed by atoms with Crippen molar-refractivity contribution in [1.29, 1.82) is 0 Å². The molecule has 20 heavy (non-hydrogen) atoms. The minimum absolute atomic E-state index is 0.266. The van der Waals surface area contributed by atoms with Crippen LogP contribution in [0.3, 0.4) is 0 Å². The summed E-state index contributed by atoms with van der Waals surface area (Å²) < 4.78 is 18.4. The van der Waals surface area contributed by atoms with E-state index in [0.717, 1.165) is 23.3 Å². The first-order valence-corrected chi connectivity index (χ1v) is 6.84. The molecule has 0 radical (unpaired) electrons. The summed E-state index contributed by atoms with van der Waals surface area (Å²) in [6, 6.07) is 13.7. The lowest BCUT2D eigenvalue weighted by Crippen LogP contribution is -2.03. The monoisotopic (exact) mass is 274 g/mol. The quantitative estimate of drug-likeness (QED) is 0.866. The van der Waals surface area contributed by atoms with E-state index in [4.69, 9.17) is 4.74 Å². The van der Waals surface area contributed by atoms with Crippen LogP contribution in [0.25, 0.3) is 0 Å². The van der Waals surface area contributed by atoms with Crippen LogP contribution in [0.4, 0.5) is 4.39 Å². The Balaban J connectivity index is 2.04. The molecule has 1 N–H and O–H groups in total. The predicted molar refractivity (Wildman–Crippen MR) is 77.3 cm³/mol. The third-order valence-corrected chi connectivity index (χ3v) is 3.06. The second kappa shape index (κ2) is 7.06. The van der Waals surface area contributed by atoms with Gasteiger partial charge in [0.05, 0.1) is 12.7 Å². The molecule has 1 atom stereocenters. The Bertz CT molecular complexity index is 537. The molecular formula is C17H19FO2. The zero-order valence-electron chi connectivity index (χ0n) is 11.6. The fourth-order valence-corrected chi connectivity index (χ4v) is 1.99. The van der Waals surface area contributed by atoms with E-state index in [2.05, 4.69) is 0 Å². The van der Waals surface area contributed by atoms with Crippen molar-refractivity contribution < 1.29 is 14.2 Å². The number of benzene rings is 2. The molecule has 0 saturated carbocycles. The van der Waals surface area contributed by atoms with Gasteiger partial charge in [0, 0.05) is 6.42 Å². The number of rotatable bonds is 6. The lowest BCUT2D eigenvalue weighted by Gasteiger charge is -2.13. The van der Waals surface area contributed by atoms with E-state index in [1.165, 1.54) is 12.1 Å². The molecule has 1 unspecified atom stereocenters. The van der Waals surface area contributed by atoms with E-state index in [-0.39, 0.29) is 5.82 Å². The molecule has 0 aliphatic rings. The van der Waals surface area contributed by atoms with Gasteiger partial charge in [-0.15, -0.1) is 0 Å². The first kappa shape index (κ1) is 14.5. The average Bonchev–Trinajstić information content (AvgIpc) is 2.48. The van der Waals surface area contributed by atoms with Gasteiger partial charge in [0.2, 0.25) is 0 Å². The Hall–Kier alpha value is -1.87. The van der Waals surface area contributed by atoms with Crippen molar-refractivity contribution in [1.82, 2.24) is 0 Å². The molecule has 3 heteroatoms. The van der Waals surface area contributed by atoms with Crippen molar-refractivity contribution in [2.45, 2.75) is 25.9 Å². The molecular weight excluding hydrogens is 255 g/mol. The molecule has 2 rings (SSSR count). The Morgan fingerprint density at radius 1 is 1.15 bits per heavy atom. The van der Waals surface area contributed by atoms with Crippen LogP contribution < -0.4 is 4.74 Å². The fourth-order valence-electron chi connectivity index (χ4n) is 1.99. The van der Waals surface area contributed by atoms with E-state index >= 15 is 0 Å². The molecule has 0 aliphatic heterocycles. The fraction of sp³-hybridized carbons (Fsp3) is 0.294. The van der Waals surface area contributed by atoms with Crippen molar-refractivity contribution in [2.75, 3.05) is 6.61 Å². The molecule has 0 amide bonds. The molecule has 0 bridgehead atoms. The average molecular weight is 274 g/mol. The molecule has 2 nitrogen and oxygen atoms in total. The van der Waals surface area contributed by atoms with Gasteiger partial charge in [-0.25, -0.2) is 4.39 Å². The molecule has 2 aromatic carbocycles. The standard InChI is InChI=1S/C17H19FO2/c1-2-10-20-16-5-3-4-14(12-16)17(19)11-13-6-8-15(18)9-7-13/h3-9,12,17,19H,2,10-11H2,1H3. The Morgan fingerprint density at radius 3 is 2.60 bits per heavy atom. The van der Waals surface area contributed by atoms with Crippen LogP contribution in [0.15, 0.2) is 48.5 Å². The highest BCUT2D eigenvalue weighted by atomic mass is 19.1. The largest absolute Gasteiger partial charge is 0.494 e. The van der Waals surface area contributed by atoms with Crippen molar-refractivity contribution in [3.05, 3.63) is 65.5 Å². The first-order chi connectivity index (χ1) is 9.69. The third-order valence-electron chi connectivity index (χ3n) is 3.06. The Morgan fingerprint density at radius 2 is 1.90 bits per heavy atom. The van der Waals surface area contributed by atoms with Gasteiger partial charge in [-0.2, -0.15) is 0 Å². The maximum Gasteiger partial charge on any atom is 0.123 e. The van der Waals surface area contributed by atoms with Gasteiger partial charge in [0.15, 0.2) is 0 Å². The van der Waals surface area contributed by atoms with Crippen LogP contribution in [0, 0.1) is 5.82 Å². The third kappa shape index (κ3) is 4.07. The van der Waals surface area contributed by atoms with Crippen LogP contribution >= 0.6 is 0 Å². The summed E-state index contributed by atoms with van der Waals surface area (Å²) in [5.41, 5.74) is 1.71. The van der Waals surface area contributed by atoms with Crippen molar-refractivity contribution >= 4 is 0 Å². The second-order valence-corrected chi connectivity index (χ2v) is 4.77. The van der Waals surface area contributed by atoms with Crippen molar-refractivity contribution in [2.24, 2.45) is 0 Å². The topological polar surface area (TPSA) is 29.5 Å². The van der Waals surface area contributed by atoms with E-state index in [1.54, 1.807) is 12.1 Å². The highest BCUT2D eigenvalue weighted by Gasteiger charge is 2.09. The minimum Gasteiger partial charge on any atom is -0.494 e. The van der Waals surface area contributed by atoms with E-state index in [9.17, 15) is 9.50 Å². The molecule has 0 fully saturated rings. The smallest absolute Gasteiger partial charge is 0.123 e. The van der Waals surface area contributed by atoms with Crippen LogP contribution in [0.2, 0.25) is 0 Å². The van der Waals surface area contributed by atoms with Crippen LogP contribution in [-0.2, 0) is 6.42 Å². The zero-order valence-corrected chi connectivity index (χ0v) is 11.6. The number of halogens is 1. The first-order valence-electron chi connectivity index (χ1n) is 6.84. The molecule has 2 aromatic rings. The van der Waals surface area contributed by atoms with Crippen LogP contribution in [0.1, 0.15) is 30.6 Å². The molecule has 0 heterocycles. The maximum atomic E-state index is 12.8. The van der Waals surface area contributed by atoms with Gasteiger partial charge < -0.3 is 9.84 Å². The van der Waals surface area contributed by atoms with Crippen LogP contribution in [-0.4, -0.2) is 11.7 Å². The Kier molecular flexibility index (Phi) is 5.13.